The zero-order chi connectivity index (χ0) is 10.0. The molecule has 1 aromatic carbocycles. The summed E-state index contributed by atoms with van der Waals surface area (Å²) in [6.45, 7) is 4.06. The highest BCUT2D eigenvalue weighted by Crippen LogP contribution is 2.30. The molecule has 0 amide bonds. The monoisotopic (exact) mass is 193 g/mol. The zero-order valence-electron chi connectivity index (χ0n) is 8.39. The molecule has 1 aromatic rings. The topological polar surface area (TPSA) is 18.5 Å². The van der Waals surface area contributed by atoms with Crippen LogP contribution in [0.4, 0.5) is 0 Å². The Kier molecular flexibility index (Phi) is 2.98. The number of hydrogen-bond donors (Lipinski definition) is 0. The first kappa shape index (κ1) is 10.1. The molecule has 0 aliphatic carbocycles. The molecule has 0 heterocycles. The molecule has 0 atom stereocenters. The van der Waals surface area contributed by atoms with Gasteiger partial charge in [0, 0.05) is 0 Å². The van der Waals surface area contributed by atoms with E-state index in [4.69, 9.17) is 9.47 Å². The van der Waals surface area contributed by atoms with E-state index in [-0.39, 0.29) is 0 Å². The number of ether oxygens (including phenoxy) is 2. The SMILES string of the molecule is COc1cc([Si])c(C)c(C)c1OC. The molecule has 0 spiro atoms. The maximum absolute atomic E-state index is 5.26. The summed E-state index contributed by atoms with van der Waals surface area (Å²) >= 11 is 0. The average Bonchev–Trinajstić information content (AvgIpc) is 2.13. The van der Waals surface area contributed by atoms with Crippen molar-refractivity contribution >= 4 is 15.4 Å². The zero-order valence-corrected chi connectivity index (χ0v) is 9.39. The van der Waals surface area contributed by atoms with Crippen LogP contribution in [0, 0.1) is 13.8 Å². The minimum absolute atomic E-state index is 0.760. The second-order valence-corrected chi connectivity index (χ2v) is 3.45. The predicted molar refractivity (Wildman–Crippen MR) is 54.4 cm³/mol. The van der Waals surface area contributed by atoms with Crippen LogP contribution in [0.3, 0.4) is 0 Å². The molecular formula is C10H13O2Si. The van der Waals surface area contributed by atoms with E-state index < -0.39 is 0 Å². The normalized spacial score (nSPS) is 9.92. The fourth-order valence-electron chi connectivity index (χ4n) is 1.27. The Bertz CT molecular complexity index is 321. The molecule has 1 rings (SSSR count). The van der Waals surface area contributed by atoms with Gasteiger partial charge in [-0.15, -0.1) is 0 Å². The van der Waals surface area contributed by atoms with Crippen LogP contribution in [0.25, 0.3) is 0 Å². The van der Waals surface area contributed by atoms with Crippen molar-refractivity contribution in [1.82, 2.24) is 0 Å². The van der Waals surface area contributed by atoms with Crippen LogP contribution in [-0.2, 0) is 0 Å². The molecule has 0 N–H and O–H groups in total. The molecule has 13 heavy (non-hydrogen) atoms. The van der Waals surface area contributed by atoms with Gasteiger partial charge in [-0.1, -0.05) is 5.19 Å². The van der Waals surface area contributed by atoms with Crippen molar-refractivity contribution < 1.29 is 9.47 Å². The van der Waals surface area contributed by atoms with Gasteiger partial charge < -0.3 is 9.47 Å². The Hall–Kier alpha value is -0.963. The molecule has 0 aliphatic heterocycles. The quantitative estimate of drug-likeness (QED) is 0.655. The summed E-state index contributed by atoms with van der Waals surface area (Å²) in [7, 11) is 6.80. The number of benzene rings is 1. The van der Waals surface area contributed by atoms with Crippen LogP contribution in [0.1, 0.15) is 11.1 Å². The molecule has 0 bridgehead atoms. The fourth-order valence-corrected chi connectivity index (χ4v) is 1.59. The third-order valence-electron chi connectivity index (χ3n) is 2.23. The van der Waals surface area contributed by atoms with E-state index in [1.807, 2.05) is 19.9 Å². The van der Waals surface area contributed by atoms with Gasteiger partial charge in [-0.3, -0.25) is 0 Å². The summed E-state index contributed by atoms with van der Waals surface area (Å²) in [5.74, 6) is 1.57. The van der Waals surface area contributed by atoms with Crippen LogP contribution in [0.2, 0.25) is 0 Å². The minimum Gasteiger partial charge on any atom is -0.493 e. The summed E-state index contributed by atoms with van der Waals surface area (Å²) in [5.41, 5.74) is 2.28. The van der Waals surface area contributed by atoms with E-state index >= 15 is 0 Å². The molecule has 0 unspecified atom stereocenters. The Morgan fingerprint density at radius 2 is 1.69 bits per heavy atom. The molecule has 2 nitrogen and oxygen atoms in total. The summed E-state index contributed by atoms with van der Waals surface area (Å²) < 4.78 is 10.5. The van der Waals surface area contributed by atoms with Crippen molar-refractivity contribution in [3.63, 3.8) is 0 Å². The van der Waals surface area contributed by atoms with Crippen molar-refractivity contribution in [3.05, 3.63) is 17.2 Å². The number of rotatable bonds is 2. The van der Waals surface area contributed by atoms with Crippen molar-refractivity contribution in [2.45, 2.75) is 13.8 Å². The molecule has 0 fully saturated rings. The summed E-state index contributed by atoms with van der Waals surface area (Å²) in [6, 6.07) is 1.91. The highest BCUT2D eigenvalue weighted by Gasteiger charge is 2.10. The van der Waals surface area contributed by atoms with Crippen molar-refractivity contribution in [3.8, 4) is 11.5 Å². The van der Waals surface area contributed by atoms with Gasteiger partial charge in [0.05, 0.1) is 24.5 Å². The second-order valence-electron chi connectivity index (χ2n) is 2.91. The summed E-state index contributed by atoms with van der Waals surface area (Å²) in [6.07, 6.45) is 0. The first-order valence-electron chi connectivity index (χ1n) is 4.05. The average molecular weight is 193 g/mol. The molecule has 0 aromatic heterocycles. The van der Waals surface area contributed by atoms with Gasteiger partial charge >= 0.3 is 0 Å². The number of methoxy groups -OCH3 is 2. The van der Waals surface area contributed by atoms with Gasteiger partial charge in [-0.05, 0) is 31.0 Å². The van der Waals surface area contributed by atoms with Gasteiger partial charge in [0.2, 0.25) is 0 Å². The molecule has 3 heteroatoms. The predicted octanol–water partition coefficient (Wildman–Crippen LogP) is 1.11. The first-order valence-corrected chi connectivity index (χ1v) is 4.55. The lowest BCUT2D eigenvalue weighted by atomic mass is 10.1. The summed E-state index contributed by atoms with van der Waals surface area (Å²) in [4.78, 5) is 0. The molecular weight excluding hydrogens is 180 g/mol. The van der Waals surface area contributed by atoms with Gasteiger partial charge in [0.1, 0.15) is 0 Å². The summed E-state index contributed by atoms with van der Waals surface area (Å²) in [5, 5.41) is 1.04. The van der Waals surface area contributed by atoms with E-state index in [2.05, 4.69) is 10.2 Å². The third kappa shape index (κ3) is 1.70. The van der Waals surface area contributed by atoms with Gasteiger partial charge in [0.15, 0.2) is 11.5 Å². The number of hydrogen-bond acceptors (Lipinski definition) is 2. The highest BCUT2D eigenvalue weighted by molar-refractivity contribution is 6.33. The van der Waals surface area contributed by atoms with E-state index in [1.54, 1.807) is 14.2 Å². The van der Waals surface area contributed by atoms with E-state index in [0.717, 1.165) is 22.2 Å². The van der Waals surface area contributed by atoms with Crippen LogP contribution < -0.4 is 14.7 Å². The van der Waals surface area contributed by atoms with Crippen LogP contribution >= 0.6 is 0 Å². The van der Waals surface area contributed by atoms with Crippen LogP contribution in [0.15, 0.2) is 6.07 Å². The van der Waals surface area contributed by atoms with E-state index in [1.165, 1.54) is 5.56 Å². The van der Waals surface area contributed by atoms with Crippen molar-refractivity contribution in [1.29, 1.82) is 0 Å². The smallest absolute Gasteiger partial charge is 0.163 e. The lowest BCUT2D eigenvalue weighted by molar-refractivity contribution is 0.353. The molecule has 3 radical (unpaired) electrons. The molecule has 0 saturated heterocycles. The van der Waals surface area contributed by atoms with Crippen molar-refractivity contribution in [2.75, 3.05) is 14.2 Å². The fraction of sp³-hybridized carbons (Fsp3) is 0.400. The molecule has 0 saturated carbocycles. The van der Waals surface area contributed by atoms with E-state index in [9.17, 15) is 0 Å². The Morgan fingerprint density at radius 1 is 1.08 bits per heavy atom. The minimum atomic E-state index is 0.760. The van der Waals surface area contributed by atoms with Crippen LogP contribution in [-0.4, -0.2) is 24.5 Å². The molecule has 0 aliphatic rings. The van der Waals surface area contributed by atoms with Gasteiger partial charge in [-0.25, -0.2) is 0 Å². The Morgan fingerprint density at radius 3 is 2.15 bits per heavy atom. The third-order valence-corrected chi connectivity index (χ3v) is 2.75. The van der Waals surface area contributed by atoms with Crippen molar-refractivity contribution in [2.24, 2.45) is 0 Å². The molecule has 69 valence electrons. The standard InChI is InChI=1S/C10H13O2Si/c1-6-7(2)10(12-4)8(11-3)5-9(6)13/h5H,1-4H3. The maximum Gasteiger partial charge on any atom is 0.163 e. The largest absolute Gasteiger partial charge is 0.493 e. The van der Waals surface area contributed by atoms with Gasteiger partial charge in [-0.2, -0.15) is 0 Å². The first-order chi connectivity index (χ1) is 6.11. The van der Waals surface area contributed by atoms with Crippen LogP contribution in [0.5, 0.6) is 11.5 Å². The Labute approximate surface area is 82.3 Å². The van der Waals surface area contributed by atoms with Gasteiger partial charge in [0.25, 0.3) is 0 Å². The Balaban J connectivity index is 3.39. The maximum atomic E-state index is 5.26. The highest BCUT2D eigenvalue weighted by atomic mass is 28.1. The van der Waals surface area contributed by atoms with E-state index in [0.29, 0.717) is 0 Å². The lowest BCUT2D eigenvalue weighted by Gasteiger charge is -2.14. The second kappa shape index (κ2) is 3.83. The lowest BCUT2D eigenvalue weighted by Crippen LogP contribution is -2.11.